The Morgan fingerprint density at radius 1 is 1.21 bits per heavy atom. The van der Waals surface area contributed by atoms with Gasteiger partial charge in [-0.3, -0.25) is 0 Å². The number of aromatic nitrogens is 2. The molecule has 4 nitrogen and oxygen atoms in total. The number of likely N-dealkylation sites (N-methyl/N-ethyl adjacent to an activating group) is 1. The maximum Gasteiger partial charge on any atom is 0.228 e. The van der Waals surface area contributed by atoms with Crippen molar-refractivity contribution in [2.45, 2.75) is 39.2 Å². The van der Waals surface area contributed by atoms with E-state index in [4.69, 9.17) is 4.52 Å². The van der Waals surface area contributed by atoms with Crippen LogP contribution in [0.15, 0.2) is 34.9 Å². The highest BCUT2D eigenvalue weighted by Crippen LogP contribution is 2.16. The summed E-state index contributed by atoms with van der Waals surface area (Å²) in [4.78, 5) is 4.47. The average molecular weight is 259 g/mol. The van der Waals surface area contributed by atoms with Crippen molar-refractivity contribution in [2.24, 2.45) is 0 Å². The Bertz CT molecular complexity index is 475. The van der Waals surface area contributed by atoms with Crippen LogP contribution in [0.3, 0.4) is 0 Å². The topological polar surface area (TPSA) is 51.0 Å². The molecule has 102 valence electrons. The molecule has 0 saturated carbocycles. The van der Waals surface area contributed by atoms with E-state index in [9.17, 15) is 0 Å². The zero-order chi connectivity index (χ0) is 13.5. The standard InChI is InChI=1S/C15H21N3O/c1-3-8-13(16-4-2)11-14-17-15(18-19-14)12-9-6-5-7-10-12/h5-7,9-10,13,16H,3-4,8,11H2,1-2H3. The molecular weight excluding hydrogens is 238 g/mol. The summed E-state index contributed by atoms with van der Waals surface area (Å²) < 4.78 is 5.34. The number of nitrogens with one attached hydrogen (secondary N) is 1. The number of rotatable bonds is 7. The summed E-state index contributed by atoms with van der Waals surface area (Å²) >= 11 is 0. The minimum Gasteiger partial charge on any atom is -0.339 e. The molecule has 0 spiro atoms. The van der Waals surface area contributed by atoms with Gasteiger partial charge in [-0.1, -0.05) is 55.8 Å². The molecule has 2 rings (SSSR count). The monoisotopic (exact) mass is 259 g/mol. The van der Waals surface area contributed by atoms with Crippen LogP contribution in [-0.4, -0.2) is 22.7 Å². The second-order valence-electron chi connectivity index (χ2n) is 4.63. The fourth-order valence-electron chi connectivity index (χ4n) is 2.17. The highest BCUT2D eigenvalue weighted by atomic mass is 16.5. The van der Waals surface area contributed by atoms with Crippen LogP contribution in [0.5, 0.6) is 0 Å². The molecule has 0 amide bonds. The molecule has 0 radical (unpaired) electrons. The molecule has 1 unspecified atom stereocenters. The van der Waals surface area contributed by atoms with Crippen molar-refractivity contribution in [3.8, 4) is 11.4 Å². The lowest BCUT2D eigenvalue weighted by Crippen LogP contribution is -2.30. The molecular formula is C15H21N3O. The SMILES string of the molecule is CCCC(Cc1nc(-c2ccccc2)no1)NCC. The molecule has 0 fully saturated rings. The van der Waals surface area contributed by atoms with E-state index in [-0.39, 0.29) is 0 Å². The van der Waals surface area contributed by atoms with Gasteiger partial charge in [-0.15, -0.1) is 0 Å². The Kier molecular flexibility index (Phi) is 5.10. The van der Waals surface area contributed by atoms with E-state index in [0.29, 0.717) is 17.8 Å². The molecule has 0 bridgehead atoms. The predicted molar refractivity (Wildman–Crippen MR) is 75.8 cm³/mol. The van der Waals surface area contributed by atoms with Crippen LogP contribution < -0.4 is 5.32 Å². The zero-order valence-electron chi connectivity index (χ0n) is 11.6. The van der Waals surface area contributed by atoms with Crippen molar-refractivity contribution in [1.29, 1.82) is 0 Å². The molecule has 1 aromatic heterocycles. The van der Waals surface area contributed by atoms with Crippen LogP contribution in [-0.2, 0) is 6.42 Å². The molecule has 1 atom stereocenters. The molecule has 19 heavy (non-hydrogen) atoms. The highest BCUT2D eigenvalue weighted by Gasteiger charge is 2.13. The van der Waals surface area contributed by atoms with E-state index in [0.717, 1.165) is 31.4 Å². The van der Waals surface area contributed by atoms with Gasteiger partial charge in [0, 0.05) is 18.0 Å². The van der Waals surface area contributed by atoms with Gasteiger partial charge in [-0.05, 0) is 13.0 Å². The normalized spacial score (nSPS) is 12.5. The zero-order valence-corrected chi connectivity index (χ0v) is 11.6. The second-order valence-corrected chi connectivity index (χ2v) is 4.63. The molecule has 2 aromatic rings. The lowest BCUT2D eigenvalue weighted by atomic mass is 10.1. The third kappa shape index (κ3) is 3.89. The molecule has 0 aliphatic heterocycles. The van der Waals surface area contributed by atoms with Crippen molar-refractivity contribution in [3.05, 3.63) is 36.2 Å². The molecule has 4 heteroatoms. The van der Waals surface area contributed by atoms with Crippen molar-refractivity contribution in [2.75, 3.05) is 6.54 Å². The third-order valence-corrected chi connectivity index (χ3v) is 3.05. The summed E-state index contributed by atoms with van der Waals surface area (Å²) in [6, 6.07) is 10.3. The van der Waals surface area contributed by atoms with Crippen molar-refractivity contribution >= 4 is 0 Å². The van der Waals surface area contributed by atoms with Crippen LogP contribution in [0.1, 0.15) is 32.6 Å². The first-order valence-corrected chi connectivity index (χ1v) is 6.94. The van der Waals surface area contributed by atoms with E-state index in [2.05, 4.69) is 29.3 Å². The van der Waals surface area contributed by atoms with Crippen molar-refractivity contribution < 1.29 is 4.52 Å². The summed E-state index contributed by atoms with van der Waals surface area (Å²) in [7, 11) is 0. The summed E-state index contributed by atoms with van der Waals surface area (Å²) in [6.45, 7) is 5.27. The molecule has 0 saturated heterocycles. The minimum absolute atomic E-state index is 0.416. The van der Waals surface area contributed by atoms with Gasteiger partial charge in [0.25, 0.3) is 0 Å². The summed E-state index contributed by atoms with van der Waals surface area (Å²) in [6.07, 6.45) is 3.07. The Labute approximate surface area is 114 Å². The van der Waals surface area contributed by atoms with Crippen LogP contribution >= 0.6 is 0 Å². The fourth-order valence-corrected chi connectivity index (χ4v) is 2.17. The summed E-state index contributed by atoms with van der Waals surface area (Å²) in [5.74, 6) is 1.38. The van der Waals surface area contributed by atoms with Gasteiger partial charge in [0.15, 0.2) is 0 Å². The second kappa shape index (κ2) is 7.04. The van der Waals surface area contributed by atoms with Crippen molar-refractivity contribution in [1.82, 2.24) is 15.5 Å². The van der Waals surface area contributed by atoms with Crippen LogP contribution in [0.2, 0.25) is 0 Å². The van der Waals surface area contributed by atoms with Crippen LogP contribution in [0.4, 0.5) is 0 Å². The van der Waals surface area contributed by atoms with Gasteiger partial charge in [0.1, 0.15) is 0 Å². The Morgan fingerprint density at radius 3 is 2.68 bits per heavy atom. The summed E-state index contributed by atoms with van der Waals surface area (Å²) in [5, 5.41) is 7.50. The largest absolute Gasteiger partial charge is 0.339 e. The molecule has 1 N–H and O–H groups in total. The van der Waals surface area contributed by atoms with Gasteiger partial charge in [0.2, 0.25) is 11.7 Å². The van der Waals surface area contributed by atoms with Gasteiger partial charge in [-0.25, -0.2) is 0 Å². The number of hydrogen-bond acceptors (Lipinski definition) is 4. The maximum absolute atomic E-state index is 5.34. The van der Waals surface area contributed by atoms with E-state index in [1.807, 2.05) is 30.3 Å². The van der Waals surface area contributed by atoms with Gasteiger partial charge in [0.05, 0.1) is 0 Å². The van der Waals surface area contributed by atoms with Gasteiger partial charge < -0.3 is 9.84 Å². The maximum atomic E-state index is 5.34. The Balaban J connectivity index is 2.04. The molecule has 0 aliphatic rings. The molecule has 1 aromatic carbocycles. The molecule has 1 heterocycles. The van der Waals surface area contributed by atoms with E-state index in [1.165, 1.54) is 0 Å². The smallest absolute Gasteiger partial charge is 0.228 e. The van der Waals surface area contributed by atoms with Gasteiger partial charge in [-0.2, -0.15) is 4.98 Å². The predicted octanol–water partition coefficient (Wildman–Crippen LogP) is 3.06. The van der Waals surface area contributed by atoms with E-state index < -0.39 is 0 Å². The average Bonchev–Trinajstić information content (AvgIpc) is 2.89. The lowest BCUT2D eigenvalue weighted by molar-refractivity contribution is 0.352. The van der Waals surface area contributed by atoms with E-state index in [1.54, 1.807) is 0 Å². The Morgan fingerprint density at radius 2 is 2.00 bits per heavy atom. The van der Waals surface area contributed by atoms with E-state index >= 15 is 0 Å². The van der Waals surface area contributed by atoms with Gasteiger partial charge >= 0.3 is 0 Å². The number of benzene rings is 1. The first-order chi connectivity index (χ1) is 9.33. The lowest BCUT2D eigenvalue weighted by Gasteiger charge is -2.14. The number of nitrogens with zero attached hydrogens (tertiary/aromatic N) is 2. The highest BCUT2D eigenvalue weighted by molar-refractivity contribution is 5.53. The van der Waals surface area contributed by atoms with Crippen molar-refractivity contribution in [3.63, 3.8) is 0 Å². The first kappa shape index (κ1) is 13.7. The fraction of sp³-hybridized carbons (Fsp3) is 0.467. The third-order valence-electron chi connectivity index (χ3n) is 3.05. The molecule has 0 aliphatic carbocycles. The number of hydrogen-bond donors (Lipinski definition) is 1. The minimum atomic E-state index is 0.416. The van der Waals surface area contributed by atoms with Crippen LogP contribution in [0.25, 0.3) is 11.4 Å². The quantitative estimate of drug-likeness (QED) is 0.830. The van der Waals surface area contributed by atoms with Crippen LogP contribution in [0, 0.1) is 0 Å². The Hall–Kier alpha value is -1.68. The summed E-state index contributed by atoms with van der Waals surface area (Å²) in [5.41, 5.74) is 0.994. The first-order valence-electron chi connectivity index (χ1n) is 6.94.